The topological polar surface area (TPSA) is 126 Å². The second-order valence-electron chi connectivity index (χ2n) is 8.13. The number of hydrogen-bond donors (Lipinski definition) is 3. The molecule has 1 heterocycles. The molecule has 0 aliphatic heterocycles. The lowest BCUT2D eigenvalue weighted by atomic mass is 10.0. The minimum Gasteiger partial charge on any atom is -0.478 e. The maximum absolute atomic E-state index is 12.9. The first kappa shape index (κ1) is 27.0. The summed E-state index contributed by atoms with van der Waals surface area (Å²) in [6, 6.07) is 12.2. The van der Waals surface area contributed by atoms with Crippen molar-refractivity contribution in [3.05, 3.63) is 83.2 Å². The minimum atomic E-state index is -1.04. The van der Waals surface area contributed by atoms with E-state index in [0.29, 0.717) is 33.8 Å². The number of anilines is 1. The fourth-order valence-electron chi connectivity index (χ4n) is 3.35. The average molecular weight is 528 g/mol. The molecule has 1 atom stereocenters. The van der Waals surface area contributed by atoms with Crippen LogP contribution in [-0.4, -0.2) is 43.4 Å². The molecule has 0 fully saturated rings. The summed E-state index contributed by atoms with van der Waals surface area (Å²) in [5.74, 6) is -1.07. The third-order valence-corrected chi connectivity index (χ3v) is 6.45. The molecule has 9 nitrogen and oxygen atoms in total. The Kier molecular flexibility index (Phi) is 9.26. The molecule has 0 spiro atoms. The summed E-state index contributed by atoms with van der Waals surface area (Å²) in [6.45, 7) is 8.10. The van der Waals surface area contributed by atoms with Crippen LogP contribution in [-0.2, 0) is 11.3 Å². The molecular weight excluding hydrogens is 502 g/mol. The Balaban J connectivity index is 1.73. The molecule has 0 bridgehead atoms. The van der Waals surface area contributed by atoms with Gasteiger partial charge in [0.15, 0.2) is 11.0 Å². The number of carboxylic acid groups (broad SMARTS) is 1. The van der Waals surface area contributed by atoms with E-state index in [2.05, 4.69) is 27.4 Å². The van der Waals surface area contributed by atoms with Crippen molar-refractivity contribution in [3.63, 3.8) is 0 Å². The molecular formula is C25H26ClN5O4S. The van der Waals surface area contributed by atoms with Gasteiger partial charge in [-0.25, -0.2) is 4.79 Å². The van der Waals surface area contributed by atoms with Gasteiger partial charge in [-0.15, -0.1) is 16.8 Å². The van der Waals surface area contributed by atoms with E-state index in [9.17, 15) is 14.4 Å². The molecule has 0 aliphatic rings. The Hall–Kier alpha value is -3.63. The normalized spacial score (nSPS) is 11.7. The van der Waals surface area contributed by atoms with Crippen molar-refractivity contribution in [1.82, 2.24) is 20.1 Å². The number of halogens is 1. The van der Waals surface area contributed by atoms with Gasteiger partial charge in [0.05, 0.1) is 27.9 Å². The van der Waals surface area contributed by atoms with E-state index in [1.54, 1.807) is 30.3 Å². The van der Waals surface area contributed by atoms with Crippen molar-refractivity contribution in [3.8, 4) is 0 Å². The fourth-order valence-corrected chi connectivity index (χ4v) is 4.33. The zero-order valence-electron chi connectivity index (χ0n) is 19.8. The van der Waals surface area contributed by atoms with Gasteiger partial charge in [0, 0.05) is 12.2 Å². The van der Waals surface area contributed by atoms with Gasteiger partial charge in [0.2, 0.25) is 5.91 Å². The maximum Gasteiger partial charge on any atom is 0.335 e. The molecule has 2 amide bonds. The van der Waals surface area contributed by atoms with Crippen LogP contribution in [0.2, 0.25) is 5.02 Å². The minimum absolute atomic E-state index is 0.0147. The molecule has 11 heteroatoms. The van der Waals surface area contributed by atoms with Crippen LogP contribution in [0.25, 0.3) is 0 Å². The molecule has 0 saturated heterocycles. The number of aromatic nitrogens is 3. The highest BCUT2D eigenvalue weighted by Gasteiger charge is 2.27. The van der Waals surface area contributed by atoms with Crippen molar-refractivity contribution in [1.29, 1.82) is 0 Å². The third-order valence-electron chi connectivity index (χ3n) is 5.16. The SMILES string of the molecule is C=CCn1c(SCC(=O)Nc2ccc(C(=O)O)cc2)nnc1[C@@H](NC(=O)c1ccccc1Cl)C(C)C. The molecule has 3 rings (SSSR count). The van der Waals surface area contributed by atoms with Crippen LogP contribution in [0.4, 0.5) is 5.69 Å². The first-order chi connectivity index (χ1) is 17.2. The van der Waals surface area contributed by atoms with Crippen LogP contribution in [0.5, 0.6) is 0 Å². The molecule has 2 aromatic carbocycles. The van der Waals surface area contributed by atoms with E-state index in [1.807, 2.05) is 18.4 Å². The van der Waals surface area contributed by atoms with Gasteiger partial charge in [-0.3, -0.25) is 9.59 Å². The Labute approximate surface area is 218 Å². The zero-order valence-corrected chi connectivity index (χ0v) is 21.3. The van der Waals surface area contributed by atoms with E-state index < -0.39 is 12.0 Å². The quantitative estimate of drug-likeness (QED) is 0.244. The Morgan fingerprint density at radius 3 is 2.44 bits per heavy atom. The number of aromatic carboxylic acids is 1. The van der Waals surface area contributed by atoms with E-state index >= 15 is 0 Å². The smallest absolute Gasteiger partial charge is 0.335 e. The lowest BCUT2D eigenvalue weighted by Crippen LogP contribution is -2.34. The summed E-state index contributed by atoms with van der Waals surface area (Å²) in [6.07, 6.45) is 1.69. The number of benzene rings is 2. The van der Waals surface area contributed by atoms with E-state index in [4.69, 9.17) is 16.7 Å². The number of thioether (sulfide) groups is 1. The van der Waals surface area contributed by atoms with Gasteiger partial charge in [-0.2, -0.15) is 0 Å². The zero-order chi connectivity index (χ0) is 26.2. The molecule has 3 aromatic rings. The molecule has 36 heavy (non-hydrogen) atoms. The van der Waals surface area contributed by atoms with Gasteiger partial charge >= 0.3 is 5.97 Å². The van der Waals surface area contributed by atoms with Crippen LogP contribution in [0.1, 0.15) is 46.4 Å². The first-order valence-corrected chi connectivity index (χ1v) is 12.4. The highest BCUT2D eigenvalue weighted by Crippen LogP contribution is 2.26. The predicted octanol–water partition coefficient (Wildman–Crippen LogP) is 4.67. The number of allylic oxidation sites excluding steroid dienone is 1. The van der Waals surface area contributed by atoms with Crippen LogP contribution in [0.3, 0.4) is 0 Å². The number of rotatable bonds is 11. The van der Waals surface area contributed by atoms with E-state index in [0.717, 1.165) is 0 Å². The molecule has 3 N–H and O–H groups in total. The summed E-state index contributed by atoms with van der Waals surface area (Å²) in [7, 11) is 0. The highest BCUT2D eigenvalue weighted by molar-refractivity contribution is 7.99. The Morgan fingerprint density at radius 1 is 1.14 bits per heavy atom. The van der Waals surface area contributed by atoms with Crippen molar-refractivity contribution in [2.45, 2.75) is 31.6 Å². The van der Waals surface area contributed by atoms with Crippen LogP contribution >= 0.6 is 23.4 Å². The number of carbonyl (C=O) groups is 3. The lowest BCUT2D eigenvalue weighted by molar-refractivity contribution is -0.113. The van der Waals surface area contributed by atoms with Gasteiger partial charge in [-0.05, 0) is 42.3 Å². The number of hydrogen-bond acceptors (Lipinski definition) is 6. The molecule has 1 aromatic heterocycles. The second kappa shape index (κ2) is 12.4. The van der Waals surface area contributed by atoms with Crippen molar-refractivity contribution < 1.29 is 19.5 Å². The molecule has 0 aliphatic carbocycles. The van der Waals surface area contributed by atoms with Crippen LogP contribution < -0.4 is 10.6 Å². The standard InChI is InChI=1S/C25H26ClN5O4S/c1-4-13-31-22(21(15(2)3)28-23(33)18-7-5-6-8-19(18)26)29-30-25(31)36-14-20(32)27-17-11-9-16(10-12-17)24(34)35/h4-12,15,21H,1,13-14H2,2-3H3,(H,27,32)(H,28,33)(H,34,35)/t21-/m0/s1. The molecule has 188 valence electrons. The summed E-state index contributed by atoms with van der Waals surface area (Å²) in [5, 5.41) is 24.1. The van der Waals surface area contributed by atoms with Crippen molar-refractivity contribution in [2.75, 3.05) is 11.1 Å². The Morgan fingerprint density at radius 2 is 1.83 bits per heavy atom. The largest absolute Gasteiger partial charge is 0.478 e. The van der Waals surface area contributed by atoms with Crippen molar-refractivity contribution >= 4 is 46.8 Å². The predicted molar refractivity (Wildman–Crippen MR) is 139 cm³/mol. The number of nitrogens with zero attached hydrogens (tertiary/aromatic N) is 3. The van der Waals surface area contributed by atoms with Gasteiger partial charge in [0.1, 0.15) is 0 Å². The summed E-state index contributed by atoms with van der Waals surface area (Å²) >= 11 is 7.38. The second-order valence-corrected chi connectivity index (χ2v) is 9.48. The van der Waals surface area contributed by atoms with Crippen molar-refractivity contribution in [2.24, 2.45) is 5.92 Å². The molecule has 0 saturated carbocycles. The first-order valence-electron chi connectivity index (χ1n) is 11.1. The summed E-state index contributed by atoms with van der Waals surface area (Å²) < 4.78 is 1.81. The number of carbonyl (C=O) groups excluding carboxylic acids is 2. The highest BCUT2D eigenvalue weighted by atomic mass is 35.5. The fraction of sp³-hybridized carbons (Fsp3) is 0.240. The van der Waals surface area contributed by atoms with Gasteiger partial charge in [0.25, 0.3) is 5.91 Å². The number of carboxylic acids is 1. The monoisotopic (exact) mass is 527 g/mol. The maximum atomic E-state index is 12.9. The number of nitrogens with one attached hydrogen (secondary N) is 2. The summed E-state index contributed by atoms with van der Waals surface area (Å²) in [4.78, 5) is 36.3. The lowest BCUT2D eigenvalue weighted by Gasteiger charge is -2.23. The summed E-state index contributed by atoms with van der Waals surface area (Å²) in [5.41, 5.74) is 0.983. The van der Waals surface area contributed by atoms with E-state index in [1.165, 1.54) is 36.0 Å². The molecule has 0 unspecified atom stereocenters. The molecule has 0 radical (unpaired) electrons. The van der Waals surface area contributed by atoms with E-state index in [-0.39, 0.29) is 29.0 Å². The third kappa shape index (κ3) is 6.73. The van der Waals surface area contributed by atoms with Gasteiger partial charge < -0.3 is 20.3 Å². The average Bonchev–Trinajstić information content (AvgIpc) is 3.23. The van der Waals surface area contributed by atoms with Gasteiger partial charge in [-0.1, -0.05) is 55.4 Å². The Bertz CT molecular complexity index is 1260. The number of amides is 2. The van der Waals surface area contributed by atoms with Crippen LogP contribution in [0, 0.1) is 5.92 Å². The van der Waals surface area contributed by atoms with Crippen LogP contribution in [0.15, 0.2) is 66.3 Å².